The minimum Gasteiger partial charge on any atom is -0.338 e. The van der Waals surface area contributed by atoms with Crippen molar-refractivity contribution in [3.63, 3.8) is 0 Å². The standard InChI is InChI=1S/C19H20N2O2S/c1-14-4-2-3-5-16(14)21-13-19(10-17(21)22)7-8-20(12-19)18(23)15-6-9-24-11-15/h2-6,9,11H,7-8,10,12-13H2,1H3/t19-/m0/s1. The lowest BCUT2D eigenvalue weighted by Crippen LogP contribution is -2.34. The second-order valence-electron chi connectivity index (χ2n) is 6.93. The van der Waals surface area contributed by atoms with E-state index >= 15 is 0 Å². The first-order chi connectivity index (χ1) is 11.6. The highest BCUT2D eigenvalue weighted by Gasteiger charge is 2.49. The van der Waals surface area contributed by atoms with Gasteiger partial charge in [0.1, 0.15) is 0 Å². The quantitative estimate of drug-likeness (QED) is 0.841. The Balaban J connectivity index is 1.53. The van der Waals surface area contributed by atoms with Crippen molar-refractivity contribution in [3.05, 3.63) is 52.2 Å². The Bertz CT molecular complexity index is 786. The van der Waals surface area contributed by atoms with Crippen molar-refractivity contribution in [2.75, 3.05) is 24.5 Å². The van der Waals surface area contributed by atoms with Crippen LogP contribution in [0.5, 0.6) is 0 Å². The summed E-state index contributed by atoms with van der Waals surface area (Å²) in [5.74, 6) is 0.268. The zero-order valence-electron chi connectivity index (χ0n) is 13.7. The molecule has 0 saturated carbocycles. The number of carbonyl (C=O) groups is 2. The summed E-state index contributed by atoms with van der Waals surface area (Å²) in [6, 6.07) is 9.88. The van der Waals surface area contributed by atoms with Crippen LogP contribution in [0, 0.1) is 12.3 Å². The Labute approximate surface area is 145 Å². The van der Waals surface area contributed by atoms with E-state index in [-0.39, 0.29) is 17.2 Å². The van der Waals surface area contributed by atoms with E-state index in [0.29, 0.717) is 19.5 Å². The van der Waals surface area contributed by atoms with Gasteiger partial charge in [-0.25, -0.2) is 0 Å². The van der Waals surface area contributed by atoms with Crippen LogP contribution in [-0.2, 0) is 4.79 Å². The molecule has 124 valence electrons. The van der Waals surface area contributed by atoms with E-state index in [0.717, 1.165) is 29.8 Å². The summed E-state index contributed by atoms with van der Waals surface area (Å²) >= 11 is 1.54. The van der Waals surface area contributed by atoms with Crippen LogP contribution in [0.3, 0.4) is 0 Å². The van der Waals surface area contributed by atoms with Gasteiger partial charge in [0.25, 0.3) is 5.91 Å². The lowest BCUT2D eigenvalue weighted by atomic mass is 9.86. The summed E-state index contributed by atoms with van der Waals surface area (Å²) in [7, 11) is 0. The molecule has 2 saturated heterocycles. The Morgan fingerprint density at radius 2 is 2.04 bits per heavy atom. The molecule has 0 aliphatic carbocycles. The molecule has 2 amide bonds. The molecule has 1 aromatic heterocycles. The van der Waals surface area contributed by atoms with Crippen LogP contribution >= 0.6 is 11.3 Å². The van der Waals surface area contributed by atoms with Gasteiger partial charge in [-0.2, -0.15) is 11.3 Å². The van der Waals surface area contributed by atoms with Crippen LogP contribution in [0.2, 0.25) is 0 Å². The first-order valence-corrected chi connectivity index (χ1v) is 9.20. The number of rotatable bonds is 2. The van der Waals surface area contributed by atoms with Gasteiger partial charge in [0.05, 0.1) is 5.56 Å². The summed E-state index contributed by atoms with van der Waals surface area (Å²) in [6.45, 7) is 4.16. The molecule has 2 aliphatic rings. The van der Waals surface area contributed by atoms with Gasteiger partial charge in [-0.3, -0.25) is 9.59 Å². The number of benzene rings is 1. The van der Waals surface area contributed by atoms with Crippen LogP contribution in [0.1, 0.15) is 28.8 Å². The normalized spacial score (nSPS) is 23.5. The van der Waals surface area contributed by atoms with Crippen molar-refractivity contribution in [1.29, 1.82) is 0 Å². The molecule has 2 fully saturated rings. The van der Waals surface area contributed by atoms with Gasteiger partial charge in [-0.15, -0.1) is 0 Å². The van der Waals surface area contributed by atoms with Gasteiger partial charge in [0, 0.05) is 42.5 Å². The zero-order chi connectivity index (χ0) is 16.7. The number of hydrogen-bond acceptors (Lipinski definition) is 3. The zero-order valence-corrected chi connectivity index (χ0v) is 14.5. The Hall–Kier alpha value is -2.14. The molecule has 2 aromatic rings. The highest BCUT2D eigenvalue weighted by atomic mass is 32.1. The van der Waals surface area contributed by atoms with Gasteiger partial charge in [-0.05, 0) is 36.4 Å². The van der Waals surface area contributed by atoms with Gasteiger partial charge in [0.15, 0.2) is 0 Å². The predicted molar refractivity (Wildman–Crippen MR) is 95.4 cm³/mol. The van der Waals surface area contributed by atoms with E-state index in [1.54, 1.807) is 11.3 Å². The Morgan fingerprint density at radius 1 is 1.21 bits per heavy atom. The molecule has 4 nitrogen and oxygen atoms in total. The molecule has 0 unspecified atom stereocenters. The third kappa shape index (κ3) is 2.53. The number of thiophene rings is 1. The van der Waals surface area contributed by atoms with E-state index in [1.807, 2.05) is 57.8 Å². The highest BCUT2D eigenvalue weighted by molar-refractivity contribution is 7.08. The van der Waals surface area contributed by atoms with Crippen molar-refractivity contribution >= 4 is 28.8 Å². The van der Waals surface area contributed by atoms with Gasteiger partial charge >= 0.3 is 0 Å². The van der Waals surface area contributed by atoms with E-state index in [9.17, 15) is 9.59 Å². The molecular formula is C19H20N2O2S. The van der Waals surface area contributed by atoms with Crippen LogP contribution in [-0.4, -0.2) is 36.3 Å². The number of amides is 2. The van der Waals surface area contributed by atoms with Crippen molar-refractivity contribution in [2.45, 2.75) is 19.8 Å². The highest BCUT2D eigenvalue weighted by Crippen LogP contribution is 2.42. The third-order valence-electron chi connectivity index (χ3n) is 5.22. The molecule has 0 radical (unpaired) electrons. The van der Waals surface area contributed by atoms with E-state index in [4.69, 9.17) is 0 Å². The maximum Gasteiger partial charge on any atom is 0.254 e. The summed E-state index contributed by atoms with van der Waals surface area (Å²) in [5.41, 5.74) is 2.79. The monoisotopic (exact) mass is 340 g/mol. The Kier molecular flexibility index (Phi) is 3.68. The smallest absolute Gasteiger partial charge is 0.254 e. The molecule has 1 spiro atoms. The van der Waals surface area contributed by atoms with Gasteiger partial charge < -0.3 is 9.80 Å². The maximum absolute atomic E-state index is 12.6. The first-order valence-electron chi connectivity index (χ1n) is 8.25. The van der Waals surface area contributed by atoms with Crippen molar-refractivity contribution in [2.24, 2.45) is 5.41 Å². The SMILES string of the molecule is Cc1ccccc1N1C[C@@]2(CCN(C(=O)c3ccsc3)C2)CC1=O. The average Bonchev–Trinajstić information content (AvgIpc) is 3.29. The van der Waals surface area contributed by atoms with Gasteiger partial charge in [-0.1, -0.05) is 18.2 Å². The van der Waals surface area contributed by atoms with Crippen molar-refractivity contribution in [3.8, 4) is 0 Å². The first kappa shape index (κ1) is 15.4. The second kappa shape index (κ2) is 5.74. The predicted octanol–water partition coefficient (Wildman–Crippen LogP) is 3.33. The summed E-state index contributed by atoms with van der Waals surface area (Å²) in [4.78, 5) is 29.0. The molecule has 0 bridgehead atoms. The molecular weight excluding hydrogens is 320 g/mol. The van der Waals surface area contributed by atoms with E-state index in [2.05, 4.69) is 0 Å². The van der Waals surface area contributed by atoms with E-state index < -0.39 is 0 Å². The summed E-state index contributed by atoms with van der Waals surface area (Å²) < 4.78 is 0. The number of para-hydroxylation sites is 1. The number of carbonyl (C=O) groups excluding carboxylic acids is 2. The Morgan fingerprint density at radius 3 is 2.79 bits per heavy atom. The molecule has 4 rings (SSSR count). The van der Waals surface area contributed by atoms with Crippen molar-refractivity contribution in [1.82, 2.24) is 4.90 Å². The van der Waals surface area contributed by atoms with Crippen LogP contribution in [0.4, 0.5) is 5.69 Å². The minimum atomic E-state index is -0.0922. The summed E-state index contributed by atoms with van der Waals surface area (Å²) in [5, 5.41) is 3.82. The van der Waals surface area contributed by atoms with Crippen LogP contribution < -0.4 is 4.90 Å². The van der Waals surface area contributed by atoms with Gasteiger partial charge in [0.2, 0.25) is 5.91 Å². The minimum absolute atomic E-state index is 0.0922. The van der Waals surface area contributed by atoms with Crippen LogP contribution in [0.25, 0.3) is 0 Å². The number of likely N-dealkylation sites (tertiary alicyclic amines) is 1. The molecule has 3 heterocycles. The summed E-state index contributed by atoms with van der Waals surface area (Å²) in [6.07, 6.45) is 1.44. The lowest BCUT2D eigenvalue weighted by molar-refractivity contribution is -0.117. The number of hydrogen-bond donors (Lipinski definition) is 0. The average molecular weight is 340 g/mol. The number of nitrogens with zero attached hydrogens (tertiary/aromatic N) is 2. The fourth-order valence-electron chi connectivity index (χ4n) is 3.93. The molecule has 2 aliphatic heterocycles. The number of anilines is 1. The van der Waals surface area contributed by atoms with Crippen LogP contribution in [0.15, 0.2) is 41.1 Å². The maximum atomic E-state index is 12.6. The fraction of sp³-hybridized carbons (Fsp3) is 0.368. The number of aryl methyl sites for hydroxylation is 1. The van der Waals surface area contributed by atoms with E-state index in [1.165, 1.54) is 0 Å². The lowest BCUT2D eigenvalue weighted by Gasteiger charge is -2.25. The largest absolute Gasteiger partial charge is 0.338 e. The van der Waals surface area contributed by atoms with Crippen molar-refractivity contribution < 1.29 is 9.59 Å². The molecule has 5 heteroatoms. The molecule has 24 heavy (non-hydrogen) atoms. The second-order valence-corrected chi connectivity index (χ2v) is 7.71. The molecule has 0 N–H and O–H groups in total. The molecule has 1 aromatic carbocycles. The fourth-order valence-corrected chi connectivity index (χ4v) is 4.56. The molecule has 1 atom stereocenters. The third-order valence-corrected chi connectivity index (χ3v) is 5.90. The topological polar surface area (TPSA) is 40.6 Å².